The molecule has 0 saturated carbocycles. The number of aliphatic hydroxyl groups excluding tert-OH is 1. The molecule has 0 radical (unpaired) electrons. The molecule has 30 heavy (non-hydrogen) atoms. The van der Waals surface area contributed by atoms with E-state index in [4.69, 9.17) is 9.88 Å². The number of hydrogen-bond donors (Lipinski definition) is 2. The molecule has 0 bridgehead atoms. The third kappa shape index (κ3) is 4.75. The van der Waals surface area contributed by atoms with E-state index in [9.17, 15) is 18.3 Å². The summed E-state index contributed by atoms with van der Waals surface area (Å²) in [7, 11) is -3.92. The van der Waals surface area contributed by atoms with E-state index in [1.54, 1.807) is 10.6 Å². The van der Waals surface area contributed by atoms with Crippen molar-refractivity contribution in [3.63, 3.8) is 0 Å². The van der Waals surface area contributed by atoms with Crippen LogP contribution in [0.4, 0.5) is 0 Å². The molecule has 0 aliphatic carbocycles. The molecule has 0 saturated heterocycles. The van der Waals surface area contributed by atoms with Crippen molar-refractivity contribution in [3.05, 3.63) is 58.5 Å². The van der Waals surface area contributed by atoms with Crippen LogP contribution in [0, 0.1) is 0 Å². The largest absolute Gasteiger partial charge is 0.491 e. The molecular formula is C21H27N3O5S. The minimum atomic E-state index is -3.92. The average molecular weight is 434 g/mol. The summed E-state index contributed by atoms with van der Waals surface area (Å²) >= 11 is 0. The van der Waals surface area contributed by atoms with E-state index in [2.05, 4.69) is 6.92 Å². The summed E-state index contributed by atoms with van der Waals surface area (Å²) in [4.78, 5) is 12.8. The second-order valence-electron chi connectivity index (χ2n) is 7.20. The maximum Gasteiger partial charge on any atom is 0.329 e. The number of aryl methyl sites for hydroxylation is 2. The number of nitrogens with zero attached hydrogens (tertiary/aromatic N) is 2. The van der Waals surface area contributed by atoms with Gasteiger partial charge in [0.25, 0.3) is 0 Å². The van der Waals surface area contributed by atoms with Gasteiger partial charge < -0.3 is 9.84 Å². The summed E-state index contributed by atoms with van der Waals surface area (Å²) in [5.74, 6) is 0.628. The van der Waals surface area contributed by atoms with Crippen LogP contribution in [0.1, 0.15) is 25.8 Å². The number of primary sulfonamides is 1. The van der Waals surface area contributed by atoms with Crippen molar-refractivity contribution in [2.45, 2.75) is 50.8 Å². The number of rotatable bonds is 9. The molecule has 1 atom stereocenters. The lowest BCUT2D eigenvalue weighted by molar-refractivity contribution is 0.0924. The summed E-state index contributed by atoms with van der Waals surface area (Å²) in [5.41, 5.74) is 1.87. The predicted molar refractivity (Wildman–Crippen MR) is 115 cm³/mol. The van der Waals surface area contributed by atoms with Crippen molar-refractivity contribution in [3.8, 4) is 5.75 Å². The van der Waals surface area contributed by atoms with Crippen LogP contribution in [-0.2, 0) is 29.5 Å². The number of ether oxygens (including phenoxy) is 1. The van der Waals surface area contributed by atoms with Gasteiger partial charge >= 0.3 is 5.69 Å². The van der Waals surface area contributed by atoms with Crippen molar-refractivity contribution in [1.82, 2.24) is 9.13 Å². The Morgan fingerprint density at radius 1 is 1.07 bits per heavy atom. The first kappa shape index (κ1) is 22.1. The van der Waals surface area contributed by atoms with Gasteiger partial charge in [0.15, 0.2) is 0 Å². The molecule has 3 aromatic rings. The lowest BCUT2D eigenvalue weighted by atomic mass is 10.2. The molecule has 162 valence electrons. The number of fused-ring (bicyclic) bond motifs is 1. The second kappa shape index (κ2) is 9.03. The number of aromatic nitrogens is 2. The van der Waals surface area contributed by atoms with Crippen LogP contribution in [-0.4, -0.2) is 35.4 Å². The van der Waals surface area contributed by atoms with Gasteiger partial charge in [-0.25, -0.2) is 18.4 Å². The summed E-state index contributed by atoms with van der Waals surface area (Å²) < 4.78 is 32.1. The van der Waals surface area contributed by atoms with Gasteiger partial charge in [-0.05, 0) is 48.7 Å². The zero-order chi connectivity index (χ0) is 21.9. The van der Waals surface area contributed by atoms with E-state index in [1.807, 2.05) is 31.2 Å². The first-order valence-electron chi connectivity index (χ1n) is 9.90. The van der Waals surface area contributed by atoms with E-state index in [1.165, 1.54) is 22.3 Å². The fraction of sp³-hybridized carbons (Fsp3) is 0.381. The van der Waals surface area contributed by atoms with Crippen LogP contribution < -0.4 is 15.6 Å². The third-order valence-electron chi connectivity index (χ3n) is 4.93. The minimum Gasteiger partial charge on any atom is -0.491 e. The molecule has 0 unspecified atom stereocenters. The Hall–Kier alpha value is -2.62. The number of aliphatic hydroxyl groups is 1. The van der Waals surface area contributed by atoms with Crippen LogP contribution in [0.15, 0.2) is 52.2 Å². The molecule has 1 aromatic heterocycles. The third-order valence-corrected chi connectivity index (χ3v) is 5.84. The Labute approximate surface area is 175 Å². The van der Waals surface area contributed by atoms with Gasteiger partial charge in [-0.15, -0.1) is 0 Å². The molecule has 9 heteroatoms. The van der Waals surface area contributed by atoms with Gasteiger partial charge in [-0.3, -0.25) is 9.13 Å². The summed E-state index contributed by atoms with van der Waals surface area (Å²) in [5, 5.41) is 15.7. The zero-order valence-electron chi connectivity index (χ0n) is 17.1. The van der Waals surface area contributed by atoms with E-state index in [0.29, 0.717) is 23.3 Å². The Balaban J connectivity index is 1.87. The Bertz CT molecular complexity index is 1180. The fourth-order valence-electron chi connectivity index (χ4n) is 3.37. The molecule has 0 aliphatic rings. The van der Waals surface area contributed by atoms with Crippen LogP contribution in [0.2, 0.25) is 0 Å². The Morgan fingerprint density at radius 2 is 1.77 bits per heavy atom. The normalized spacial score (nSPS) is 12.9. The molecule has 1 heterocycles. The van der Waals surface area contributed by atoms with Crippen molar-refractivity contribution >= 4 is 21.1 Å². The molecule has 2 aromatic carbocycles. The van der Waals surface area contributed by atoms with E-state index < -0.39 is 16.1 Å². The summed E-state index contributed by atoms with van der Waals surface area (Å²) in [6.45, 7) is 4.45. The number of imidazole rings is 1. The topological polar surface area (TPSA) is 117 Å². The molecule has 0 aliphatic heterocycles. The molecule has 0 spiro atoms. The predicted octanol–water partition coefficient (Wildman–Crippen LogP) is 1.86. The van der Waals surface area contributed by atoms with Crippen LogP contribution in [0.25, 0.3) is 11.0 Å². The highest BCUT2D eigenvalue weighted by Gasteiger charge is 2.19. The van der Waals surface area contributed by atoms with Gasteiger partial charge in [0, 0.05) is 6.54 Å². The smallest absolute Gasteiger partial charge is 0.329 e. The quantitative estimate of drug-likeness (QED) is 0.534. The van der Waals surface area contributed by atoms with Gasteiger partial charge in [0.05, 0.1) is 22.5 Å². The number of sulfonamides is 1. The molecule has 8 nitrogen and oxygen atoms in total. The first-order valence-corrected chi connectivity index (χ1v) is 11.4. The fourth-order valence-corrected chi connectivity index (χ4v) is 3.90. The standard InChI is InChI=1S/C21H27N3O5S/c1-3-11-23-19-10-9-18(30(22,27)28)12-20(19)24(21(23)26)13-16(25)14-29-17-7-5-15(4-2)6-8-17/h5-10,12,16,25H,3-4,11,13-14H2,1-2H3,(H2,22,27,28)/t16-/m1/s1. The number of nitrogens with two attached hydrogens (primary N) is 1. The molecule has 3 rings (SSSR count). The maximum atomic E-state index is 12.9. The molecule has 0 amide bonds. The second-order valence-corrected chi connectivity index (χ2v) is 8.76. The molecule has 3 N–H and O–H groups in total. The van der Waals surface area contributed by atoms with Crippen molar-refractivity contribution in [1.29, 1.82) is 0 Å². The SMILES string of the molecule is CCCn1c(=O)n(C[C@@H](O)COc2ccc(CC)cc2)c2cc(S(N)(=O)=O)ccc21. The lowest BCUT2D eigenvalue weighted by Crippen LogP contribution is -2.31. The van der Waals surface area contributed by atoms with Gasteiger partial charge in [-0.1, -0.05) is 26.0 Å². The average Bonchev–Trinajstić information content (AvgIpc) is 2.97. The highest BCUT2D eigenvalue weighted by molar-refractivity contribution is 7.89. The Kier molecular flexibility index (Phi) is 6.64. The van der Waals surface area contributed by atoms with E-state index in [-0.39, 0.29) is 23.7 Å². The van der Waals surface area contributed by atoms with Gasteiger partial charge in [0.1, 0.15) is 18.5 Å². The molecule has 0 fully saturated rings. The minimum absolute atomic E-state index is 0.00671. The highest BCUT2D eigenvalue weighted by atomic mass is 32.2. The summed E-state index contributed by atoms with van der Waals surface area (Å²) in [6.07, 6.45) is 0.691. The van der Waals surface area contributed by atoms with Crippen LogP contribution in [0.3, 0.4) is 0 Å². The van der Waals surface area contributed by atoms with Crippen molar-refractivity contribution in [2.75, 3.05) is 6.61 Å². The van der Waals surface area contributed by atoms with Gasteiger partial charge in [-0.2, -0.15) is 0 Å². The van der Waals surface area contributed by atoms with E-state index in [0.717, 1.165) is 12.8 Å². The number of benzene rings is 2. The lowest BCUT2D eigenvalue weighted by Gasteiger charge is -2.13. The monoisotopic (exact) mass is 433 g/mol. The number of hydrogen-bond acceptors (Lipinski definition) is 5. The van der Waals surface area contributed by atoms with E-state index >= 15 is 0 Å². The first-order chi connectivity index (χ1) is 14.2. The van der Waals surface area contributed by atoms with Crippen LogP contribution in [0.5, 0.6) is 5.75 Å². The Morgan fingerprint density at radius 3 is 2.37 bits per heavy atom. The highest BCUT2D eigenvalue weighted by Crippen LogP contribution is 2.19. The van der Waals surface area contributed by atoms with Gasteiger partial charge in [0.2, 0.25) is 10.0 Å². The summed E-state index contributed by atoms with van der Waals surface area (Å²) in [6, 6.07) is 11.9. The van der Waals surface area contributed by atoms with Crippen LogP contribution >= 0.6 is 0 Å². The maximum absolute atomic E-state index is 12.9. The zero-order valence-corrected chi connectivity index (χ0v) is 17.9. The molecular weight excluding hydrogens is 406 g/mol. The van der Waals surface area contributed by atoms with Crippen molar-refractivity contribution in [2.24, 2.45) is 5.14 Å². The van der Waals surface area contributed by atoms with Crippen molar-refractivity contribution < 1.29 is 18.3 Å².